The van der Waals surface area contributed by atoms with Gasteiger partial charge in [-0.25, -0.2) is 0 Å². The van der Waals surface area contributed by atoms with Gasteiger partial charge in [0.15, 0.2) is 5.79 Å². The Labute approximate surface area is 66.2 Å². The Morgan fingerprint density at radius 2 is 2.00 bits per heavy atom. The Morgan fingerprint density at radius 3 is 2.64 bits per heavy atom. The van der Waals surface area contributed by atoms with Crippen molar-refractivity contribution < 1.29 is 9.47 Å². The maximum absolute atomic E-state index is 5.75. The Hall–Kier alpha value is -0.380. The minimum atomic E-state index is -0.461. The van der Waals surface area contributed by atoms with Crippen LogP contribution in [0.5, 0.6) is 0 Å². The largest absolute Gasteiger partial charge is 0.342 e. The third-order valence-corrected chi connectivity index (χ3v) is 2.07. The predicted octanol–water partition coefficient (Wildman–Crippen LogP) is 0.404. The SMILES string of the molecule is CC1(C)O[C@H]2[C@H](N)C=C[C@H]2O1. The van der Waals surface area contributed by atoms with Gasteiger partial charge < -0.3 is 15.2 Å². The van der Waals surface area contributed by atoms with Crippen LogP contribution in [0, 0.1) is 0 Å². The van der Waals surface area contributed by atoms with E-state index < -0.39 is 5.79 Å². The molecule has 2 aliphatic rings. The zero-order chi connectivity index (χ0) is 8.06. The molecular formula is C8H13NO2. The fourth-order valence-corrected chi connectivity index (χ4v) is 1.61. The first kappa shape index (κ1) is 7.28. The van der Waals surface area contributed by atoms with Gasteiger partial charge in [0, 0.05) is 0 Å². The van der Waals surface area contributed by atoms with E-state index in [4.69, 9.17) is 15.2 Å². The molecule has 1 aliphatic carbocycles. The van der Waals surface area contributed by atoms with Crippen molar-refractivity contribution in [3.63, 3.8) is 0 Å². The molecule has 0 saturated carbocycles. The Balaban J connectivity index is 2.15. The van der Waals surface area contributed by atoms with E-state index in [1.54, 1.807) is 0 Å². The molecule has 11 heavy (non-hydrogen) atoms. The van der Waals surface area contributed by atoms with E-state index in [9.17, 15) is 0 Å². The lowest BCUT2D eigenvalue weighted by Crippen LogP contribution is -2.35. The van der Waals surface area contributed by atoms with Gasteiger partial charge in [0.05, 0.1) is 6.04 Å². The number of nitrogens with two attached hydrogens (primary N) is 1. The minimum Gasteiger partial charge on any atom is -0.342 e. The van der Waals surface area contributed by atoms with E-state index in [-0.39, 0.29) is 18.2 Å². The van der Waals surface area contributed by atoms with Gasteiger partial charge in [0.1, 0.15) is 12.2 Å². The quantitative estimate of drug-likeness (QED) is 0.515. The van der Waals surface area contributed by atoms with E-state index >= 15 is 0 Å². The number of fused-ring (bicyclic) bond motifs is 1. The van der Waals surface area contributed by atoms with Crippen molar-refractivity contribution in [1.82, 2.24) is 0 Å². The smallest absolute Gasteiger partial charge is 0.164 e. The van der Waals surface area contributed by atoms with Crippen LogP contribution in [0.1, 0.15) is 13.8 Å². The second-order valence-corrected chi connectivity index (χ2v) is 3.53. The summed E-state index contributed by atoms with van der Waals surface area (Å²) in [6, 6.07) is 0.00164. The minimum absolute atomic E-state index is 0.00164. The molecule has 1 saturated heterocycles. The van der Waals surface area contributed by atoms with E-state index in [1.807, 2.05) is 26.0 Å². The van der Waals surface area contributed by atoms with Gasteiger partial charge in [0.25, 0.3) is 0 Å². The van der Waals surface area contributed by atoms with Crippen LogP contribution in [0.2, 0.25) is 0 Å². The molecule has 0 bridgehead atoms. The lowest BCUT2D eigenvalue weighted by Gasteiger charge is -2.18. The van der Waals surface area contributed by atoms with Gasteiger partial charge in [-0.15, -0.1) is 0 Å². The fraction of sp³-hybridized carbons (Fsp3) is 0.750. The first-order valence-corrected chi connectivity index (χ1v) is 3.88. The van der Waals surface area contributed by atoms with Crippen molar-refractivity contribution in [3.05, 3.63) is 12.2 Å². The van der Waals surface area contributed by atoms with Crippen LogP contribution in [0.15, 0.2) is 12.2 Å². The van der Waals surface area contributed by atoms with Crippen molar-refractivity contribution in [3.8, 4) is 0 Å². The molecule has 3 nitrogen and oxygen atoms in total. The monoisotopic (exact) mass is 155 g/mol. The highest BCUT2D eigenvalue weighted by molar-refractivity contribution is 5.14. The molecule has 0 aromatic carbocycles. The second-order valence-electron chi connectivity index (χ2n) is 3.53. The standard InChI is InChI=1S/C8H13NO2/c1-8(2)10-6-4-3-5(9)7(6)11-8/h3-7H,9H2,1-2H3/t5-,6-,7+/m1/s1. The summed E-state index contributed by atoms with van der Waals surface area (Å²) in [5, 5.41) is 0. The Bertz CT molecular complexity index is 200. The number of hydrogen-bond acceptors (Lipinski definition) is 3. The zero-order valence-electron chi connectivity index (χ0n) is 6.78. The number of rotatable bonds is 0. The second kappa shape index (κ2) is 2.06. The summed E-state index contributed by atoms with van der Waals surface area (Å²) >= 11 is 0. The van der Waals surface area contributed by atoms with Gasteiger partial charge in [-0.05, 0) is 13.8 Å². The molecule has 0 amide bonds. The lowest BCUT2D eigenvalue weighted by molar-refractivity contribution is -0.144. The summed E-state index contributed by atoms with van der Waals surface area (Å²) in [7, 11) is 0. The normalized spacial score (nSPS) is 46.3. The summed E-state index contributed by atoms with van der Waals surface area (Å²) in [5.41, 5.74) is 5.75. The first-order chi connectivity index (χ1) is 5.08. The van der Waals surface area contributed by atoms with Crippen LogP contribution in [0.3, 0.4) is 0 Å². The molecule has 3 atom stereocenters. The number of ether oxygens (including phenoxy) is 2. The molecule has 1 aliphatic heterocycles. The van der Waals surface area contributed by atoms with E-state index in [1.165, 1.54) is 0 Å². The summed E-state index contributed by atoms with van der Waals surface area (Å²) in [6.07, 6.45) is 4.01. The Morgan fingerprint density at radius 1 is 1.27 bits per heavy atom. The summed E-state index contributed by atoms with van der Waals surface area (Å²) in [5.74, 6) is -0.461. The third-order valence-electron chi connectivity index (χ3n) is 2.07. The van der Waals surface area contributed by atoms with Crippen LogP contribution in [-0.2, 0) is 9.47 Å². The highest BCUT2D eigenvalue weighted by atomic mass is 16.8. The molecule has 1 heterocycles. The molecule has 1 fully saturated rings. The van der Waals surface area contributed by atoms with Gasteiger partial charge in [-0.1, -0.05) is 12.2 Å². The van der Waals surface area contributed by atoms with Gasteiger partial charge in [0.2, 0.25) is 0 Å². The van der Waals surface area contributed by atoms with Gasteiger partial charge >= 0.3 is 0 Å². The molecule has 3 heteroatoms. The molecule has 0 radical (unpaired) electrons. The average Bonchev–Trinajstić information content (AvgIpc) is 2.31. The summed E-state index contributed by atoms with van der Waals surface area (Å²) in [4.78, 5) is 0. The summed E-state index contributed by atoms with van der Waals surface area (Å²) in [6.45, 7) is 3.82. The molecule has 62 valence electrons. The topological polar surface area (TPSA) is 44.5 Å². The van der Waals surface area contributed by atoms with Gasteiger partial charge in [-0.2, -0.15) is 0 Å². The summed E-state index contributed by atoms with van der Waals surface area (Å²) < 4.78 is 11.1. The maximum atomic E-state index is 5.75. The molecule has 0 unspecified atom stereocenters. The van der Waals surface area contributed by atoms with Crippen molar-refractivity contribution in [2.75, 3.05) is 0 Å². The van der Waals surface area contributed by atoms with Crippen LogP contribution < -0.4 is 5.73 Å². The van der Waals surface area contributed by atoms with Crippen molar-refractivity contribution in [2.24, 2.45) is 5.73 Å². The van der Waals surface area contributed by atoms with Crippen molar-refractivity contribution in [1.29, 1.82) is 0 Å². The maximum Gasteiger partial charge on any atom is 0.164 e. The van der Waals surface area contributed by atoms with Crippen molar-refractivity contribution in [2.45, 2.75) is 37.9 Å². The van der Waals surface area contributed by atoms with Crippen molar-refractivity contribution >= 4 is 0 Å². The molecule has 2 rings (SSSR count). The first-order valence-electron chi connectivity index (χ1n) is 3.88. The predicted molar refractivity (Wildman–Crippen MR) is 40.9 cm³/mol. The highest BCUT2D eigenvalue weighted by Crippen LogP contribution is 2.33. The zero-order valence-corrected chi connectivity index (χ0v) is 6.78. The molecule has 0 spiro atoms. The van der Waals surface area contributed by atoms with Crippen LogP contribution >= 0.6 is 0 Å². The molecular weight excluding hydrogens is 142 g/mol. The highest BCUT2D eigenvalue weighted by Gasteiger charge is 2.44. The van der Waals surface area contributed by atoms with E-state index in [0.717, 1.165) is 0 Å². The lowest BCUT2D eigenvalue weighted by atomic mass is 10.2. The molecule has 2 N–H and O–H groups in total. The third kappa shape index (κ3) is 1.09. The Kier molecular flexibility index (Phi) is 1.36. The van der Waals surface area contributed by atoms with E-state index in [0.29, 0.717) is 0 Å². The van der Waals surface area contributed by atoms with Crippen LogP contribution in [-0.4, -0.2) is 24.0 Å². The van der Waals surface area contributed by atoms with E-state index in [2.05, 4.69) is 0 Å². The van der Waals surface area contributed by atoms with Crippen LogP contribution in [0.4, 0.5) is 0 Å². The molecule has 0 aromatic rings. The molecule has 0 aromatic heterocycles. The fourth-order valence-electron chi connectivity index (χ4n) is 1.61. The average molecular weight is 155 g/mol. The van der Waals surface area contributed by atoms with Gasteiger partial charge in [-0.3, -0.25) is 0 Å². The van der Waals surface area contributed by atoms with Crippen LogP contribution in [0.25, 0.3) is 0 Å². The number of hydrogen-bond donors (Lipinski definition) is 1.